The minimum Gasteiger partial charge on any atom is -0.355 e. The highest BCUT2D eigenvalue weighted by Gasteiger charge is 2.04. The van der Waals surface area contributed by atoms with E-state index in [1.807, 2.05) is 0 Å². The van der Waals surface area contributed by atoms with Crippen molar-refractivity contribution in [3.05, 3.63) is 58.0 Å². The van der Waals surface area contributed by atoms with Gasteiger partial charge in [-0.05, 0) is 23.5 Å². The number of thioether (sulfide) groups is 1. The van der Waals surface area contributed by atoms with Crippen LogP contribution in [0.15, 0.2) is 46.5 Å². The first-order valence-electron chi connectivity index (χ1n) is 7.58. The molecule has 0 aliphatic heterocycles. The van der Waals surface area contributed by atoms with Gasteiger partial charge in [0.1, 0.15) is 0 Å². The van der Waals surface area contributed by atoms with Crippen LogP contribution in [0.3, 0.4) is 0 Å². The third kappa shape index (κ3) is 5.90. The second-order valence-electron chi connectivity index (χ2n) is 5.52. The molecule has 1 heterocycles. The fourth-order valence-electron chi connectivity index (χ4n) is 2.03. The lowest BCUT2D eigenvalue weighted by molar-refractivity contribution is -0.118. The van der Waals surface area contributed by atoms with Gasteiger partial charge in [0, 0.05) is 18.8 Å². The van der Waals surface area contributed by atoms with Gasteiger partial charge >= 0.3 is 0 Å². The number of benzene rings is 1. The van der Waals surface area contributed by atoms with Crippen molar-refractivity contribution in [2.75, 3.05) is 12.3 Å². The SMILES string of the molecule is CC(C)c1ccc(CCNC(=O)CSc2nccc(=O)[nH]2)cc1. The van der Waals surface area contributed by atoms with Gasteiger partial charge in [0.2, 0.25) is 5.91 Å². The number of carbonyl (C=O) groups is 1. The molecule has 2 rings (SSSR count). The standard InChI is InChI=1S/C17H21N3O2S/c1-12(2)14-5-3-13(4-6-14)7-9-18-16(22)11-23-17-19-10-8-15(21)20-17/h3-6,8,10,12H,7,9,11H2,1-2H3,(H,18,22)(H,19,20,21). The predicted octanol–water partition coefficient (Wildman–Crippen LogP) is 2.34. The maximum absolute atomic E-state index is 11.8. The molecule has 0 bridgehead atoms. The fraction of sp³-hybridized carbons (Fsp3) is 0.353. The highest BCUT2D eigenvalue weighted by molar-refractivity contribution is 7.99. The summed E-state index contributed by atoms with van der Waals surface area (Å²) >= 11 is 1.22. The molecule has 0 unspecified atom stereocenters. The van der Waals surface area contributed by atoms with Crippen LogP contribution in [0.4, 0.5) is 0 Å². The number of carbonyl (C=O) groups excluding carboxylic acids is 1. The second-order valence-corrected chi connectivity index (χ2v) is 6.49. The maximum Gasteiger partial charge on any atom is 0.251 e. The molecular formula is C17H21N3O2S. The molecule has 2 aromatic rings. The molecule has 0 spiro atoms. The van der Waals surface area contributed by atoms with Crippen LogP contribution in [0.1, 0.15) is 30.9 Å². The molecule has 1 aromatic carbocycles. The van der Waals surface area contributed by atoms with Crippen LogP contribution < -0.4 is 10.9 Å². The summed E-state index contributed by atoms with van der Waals surface area (Å²) in [6, 6.07) is 9.82. The third-order valence-corrected chi connectivity index (χ3v) is 4.26. The van der Waals surface area contributed by atoms with Crippen molar-refractivity contribution in [1.29, 1.82) is 0 Å². The first-order chi connectivity index (χ1) is 11.0. The average molecular weight is 331 g/mol. The quantitative estimate of drug-likeness (QED) is 0.603. The molecule has 0 saturated heterocycles. The number of amides is 1. The van der Waals surface area contributed by atoms with Gasteiger partial charge in [0.05, 0.1) is 5.75 Å². The zero-order valence-electron chi connectivity index (χ0n) is 13.3. The average Bonchev–Trinajstić information content (AvgIpc) is 2.53. The molecule has 122 valence electrons. The van der Waals surface area contributed by atoms with Gasteiger partial charge < -0.3 is 10.3 Å². The molecule has 0 aliphatic rings. The molecule has 5 nitrogen and oxygen atoms in total. The number of aromatic nitrogens is 2. The summed E-state index contributed by atoms with van der Waals surface area (Å²) in [6.45, 7) is 4.93. The van der Waals surface area contributed by atoms with Crippen molar-refractivity contribution in [3.63, 3.8) is 0 Å². The zero-order valence-corrected chi connectivity index (χ0v) is 14.2. The molecule has 2 N–H and O–H groups in total. The van der Waals surface area contributed by atoms with Crippen molar-refractivity contribution in [1.82, 2.24) is 15.3 Å². The van der Waals surface area contributed by atoms with E-state index in [9.17, 15) is 9.59 Å². The molecule has 0 fully saturated rings. The number of hydrogen-bond acceptors (Lipinski definition) is 4. The Kier molecular flexibility index (Phi) is 6.40. The van der Waals surface area contributed by atoms with Crippen LogP contribution in [-0.4, -0.2) is 28.2 Å². The van der Waals surface area contributed by atoms with Crippen molar-refractivity contribution in [3.8, 4) is 0 Å². The number of nitrogens with zero attached hydrogens (tertiary/aromatic N) is 1. The first kappa shape index (κ1) is 17.3. The van der Waals surface area contributed by atoms with Crippen LogP contribution >= 0.6 is 11.8 Å². The lowest BCUT2D eigenvalue weighted by atomic mass is 10.0. The van der Waals surface area contributed by atoms with Gasteiger partial charge in [-0.25, -0.2) is 4.98 Å². The molecule has 0 saturated carbocycles. The van der Waals surface area contributed by atoms with E-state index in [4.69, 9.17) is 0 Å². The Morgan fingerprint density at radius 2 is 2.00 bits per heavy atom. The Morgan fingerprint density at radius 3 is 2.65 bits per heavy atom. The van der Waals surface area contributed by atoms with Gasteiger partial charge in [0.15, 0.2) is 5.16 Å². The molecule has 0 radical (unpaired) electrons. The first-order valence-corrected chi connectivity index (χ1v) is 8.57. The van der Waals surface area contributed by atoms with E-state index in [2.05, 4.69) is 53.4 Å². The van der Waals surface area contributed by atoms with Gasteiger partial charge in [-0.3, -0.25) is 9.59 Å². The largest absolute Gasteiger partial charge is 0.355 e. The Hall–Kier alpha value is -2.08. The van der Waals surface area contributed by atoms with Gasteiger partial charge in [-0.1, -0.05) is 49.9 Å². The van der Waals surface area contributed by atoms with Crippen LogP contribution in [-0.2, 0) is 11.2 Å². The highest BCUT2D eigenvalue weighted by Crippen LogP contribution is 2.14. The van der Waals surface area contributed by atoms with Crippen molar-refractivity contribution in [2.24, 2.45) is 0 Å². The van der Waals surface area contributed by atoms with Crippen LogP contribution in [0.25, 0.3) is 0 Å². The van der Waals surface area contributed by atoms with Crippen LogP contribution in [0.2, 0.25) is 0 Å². The molecular weight excluding hydrogens is 310 g/mol. The van der Waals surface area contributed by atoms with Crippen molar-refractivity contribution < 1.29 is 4.79 Å². The number of hydrogen-bond donors (Lipinski definition) is 2. The molecule has 1 amide bonds. The van der Waals surface area contributed by atoms with E-state index in [1.54, 1.807) is 0 Å². The summed E-state index contributed by atoms with van der Waals surface area (Å²) in [6.07, 6.45) is 2.23. The predicted molar refractivity (Wildman–Crippen MR) is 92.8 cm³/mol. The van der Waals surface area contributed by atoms with E-state index in [0.717, 1.165) is 6.42 Å². The fourth-order valence-corrected chi connectivity index (χ4v) is 2.70. The van der Waals surface area contributed by atoms with E-state index < -0.39 is 0 Å². The number of aromatic amines is 1. The normalized spacial score (nSPS) is 10.7. The molecule has 23 heavy (non-hydrogen) atoms. The van der Waals surface area contributed by atoms with Crippen molar-refractivity contribution >= 4 is 17.7 Å². The van der Waals surface area contributed by atoms with E-state index in [1.165, 1.54) is 35.2 Å². The number of nitrogens with one attached hydrogen (secondary N) is 2. The Morgan fingerprint density at radius 1 is 1.26 bits per heavy atom. The van der Waals surface area contributed by atoms with Gasteiger partial charge in [0.25, 0.3) is 5.56 Å². The topological polar surface area (TPSA) is 74.8 Å². The third-order valence-electron chi connectivity index (χ3n) is 3.37. The molecule has 6 heteroatoms. The van der Waals surface area contributed by atoms with Gasteiger partial charge in [-0.2, -0.15) is 0 Å². The Bertz CT molecular complexity index is 695. The van der Waals surface area contributed by atoms with Crippen LogP contribution in [0, 0.1) is 0 Å². The summed E-state index contributed by atoms with van der Waals surface area (Å²) in [5.41, 5.74) is 2.31. The minimum atomic E-state index is -0.215. The van der Waals surface area contributed by atoms with E-state index in [-0.39, 0.29) is 17.2 Å². The van der Waals surface area contributed by atoms with E-state index >= 15 is 0 Å². The summed E-state index contributed by atoms with van der Waals surface area (Å²) in [5, 5.41) is 3.33. The second kappa shape index (κ2) is 8.53. The summed E-state index contributed by atoms with van der Waals surface area (Å²) in [5.74, 6) is 0.693. The zero-order chi connectivity index (χ0) is 16.7. The summed E-state index contributed by atoms with van der Waals surface area (Å²) in [7, 11) is 0. The van der Waals surface area contributed by atoms with Crippen molar-refractivity contribution in [2.45, 2.75) is 31.3 Å². The van der Waals surface area contributed by atoms with Crippen LogP contribution in [0.5, 0.6) is 0 Å². The summed E-state index contributed by atoms with van der Waals surface area (Å²) < 4.78 is 0. The highest BCUT2D eigenvalue weighted by atomic mass is 32.2. The molecule has 0 atom stereocenters. The molecule has 0 aliphatic carbocycles. The monoisotopic (exact) mass is 331 g/mol. The Labute approximate surface area is 139 Å². The molecule has 1 aromatic heterocycles. The number of rotatable bonds is 7. The summed E-state index contributed by atoms with van der Waals surface area (Å²) in [4.78, 5) is 29.5. The van der Waals surface area contributed by atoms with Gasteiger partial charge in [-0.15, -0.1) is 0 Å². The smallest absolute Gasteiger partial charge is 0.251 e. The maximum atomic E-state index is 11.8. The number of H-pyrrole nitrogens is 1. The lowest BCUT2D eigenvalue weighted by Crippen LogP contribution is -2.27. The van der Waals surface area contributed by atoms with E-state index in [0.29, 0.717) is 17.6 Å². The minimum absolute atomic E-state index is 0.0692. The lowest BCUT2D eigenvalue weighted by Gasteiger charge is -2.08. The Balaban J connectivity index is 1.71.